The van der Waals surface area contributed by atoms with Crippen molar-refractivity contribution >= 4 is 57.9 Å². The Morgan fingerprint density at radius 1 is 0.488 bits per heavy atom. The molecule has 4 amide bonds. The van der Waals surface area contributed by atoms with Crippen molar-refractivity contribution in [1.82, 2.24) is 10.1 Å². The fourth-order valence-electron chi connectivity index (χ4n) is 3.72. The van der Waals surface area contributed by atoms with Gasteiger partial charge in [-0.1, -0.05) is 25.7 Å². The number of hydroxylamine groups is 4. The van der Waals surface area contributed by atoms with Crippen LogP contribution in [0.3, 0.4) is 0 Å². The number of nitrogens with zero attached hydrogens (tertiary/aromatic N) is 2. The summed E-state index contributed by atoms with van der Waals surface area (Å²) in [7, 11) is -4.88. The van der Waals surface area contributed by atoms with Crippen LogP contribution in [0.25, 0.3) is 0 Å². The van der Waals surface area contributed by atoms with Gasteiger partial charge in [0.2, 0.25) is 0 Å². The maximum Gasteiger partial charge on any atom is 0.506 e. The van der Waals surface area contributed by atoms with Gasteiger partial charge in [-0.3, -0.25) is 28.8 Å². The normalized spacial score (nSPS) is 15.3. The molecule has 2 fully saturated rings. The highest BCUT2D eigenvalue weighted by molar-refractivity contribution is 7.82. The average molecular weight is 605 g/mol. The van der Waals surface area contributed by atoms with Gasteiger partial charge in [-0.05, 0) is 25.7 Å². The van der Waals surface area contributed by atoms with Gasteiger partial charge in [0.1, 0.15) is 0 Å². The summed E-state index contributed by atoms with van der Waals surface area (Å²) in [6, 6.07) is 0. The van der Waals surface area contributed by atoms with E-state index in [-0.39, 0.29) is 64.2 Å². The van der Waals surface area contributed by atoms with Gasteiger partial charge in [-0.2, -0.15) is 0 Å². The molecule has 0 aromatic rings. The molecule has 2 rings (SSSR count). The van der Waals surface area contributed by atoms with E-state index in [4.69, 9.17) is 9.68 Å². The molecule has 0 spiro atoms. The van der Waals surface area contributed by atoms with Crippen molar-refractivity contribution in [3.63, 3.8) is 0 Å². The number of carbonyl (C=O) groups is 8. The van der Waals surface area contributed by atoms with E-state index in [2.05, 4.69) is 8.37 Å². The molecule has 41 heavy (non-hydrogen) atoms. The number of imide groups is 2. The first-order valence-electron chi connectivity index (χ1n) is 13.2. The van der Waals surface area contributed by atoms with Crippen LogP contribution in [0.4, 0.5) is 0 Å². The lowest BCUT2D eigenvalue weighted by molar-refractivity contribution is -0.197. The van der Waals surface area contributed by atoms with Gasteiger partial charge in [-0.25, -0.2) is 9.59 Å². The standard InChI is InChI=1S/C24H32N2O14S/c27-17-13-14-18(28)25(17)37-21(31)9-5-1-3-7-11-23(33)39-41(35,36)40-24(34)12-8-4-2-6-10-22(32)38-26-19(29)15-16-20(26)30/h1-16H2. The van der Waals surface area contributed by atoms with Crippen LogP contribution in [0.2, 0.25) is 0 Å². The molecule has 228 valence electrons. The van der Waals surface area contributed by atoms with Crippen molar-refractivity contribution in [2.45, 2.75) is 103 Å². The monoisotopic (exact) mass is 604 g/mol. The summed E-state index contributed by atoms with van der Waals surface area (Å²) in [5.41, 5.74) is 0. The molecule has 0 aliphatic carbocycles. The summed E-state index contributed by atoms with van der Waals surface area (Å²) in [6.07, 6.45) is 2.33. The fraction of sp³-hybridized carbons (Fsp3) is 0.667. The number of rotatable bonds is 18. The average Bonchev–Trinajstić information content (AvgIpc) is 3.37. The first-order valence-corrected chi connectivity index (χ1v) is 14.5. The van der Waals surface area contributed by atoms with Crippen molar-refractivity contribution in [2.24, 2.45) is 0 Å². The van der Waals surface area contributed by atoms with Gasteiger partial charge in [0.05, 0.1) is 0 Å². The molecule has 0 atom stereocenters. The molecule has 2 aliphatic heterocycles. The first-order chi connectivity index (χ1) is 19.4. The molecule has 17 heteroatoms. The molecule has 0 bridgehead atoms. The molecule has 0 aromatic heterocycles. The molecule has 0 radical (unpaired) electrons. The smallest absolute Gasteiger partial charge is 0.330 e. The Kier molecular flexibility index (Phi) is 13.3. The van der Waals surface area contributed by atoms with Gasteiger partial charge >= 0.3 is 34.3 Å². The number of unbranched alkanes of at least 4 members (excludes halogenated alkanes) is 6. The molecule has 0 aromatic carbocycles. The lowest BCUT2D eigenvalue weighted by Crippen LogP contribution is -2.31. The maximum atomic E-state index is 11.8. The predicted octanol–water partition coefficient (Wildman–Crippen LogP) is 1.21. The Morgan fingerprint density at radius 3 is 1.05 bits per heavy atom. The molecule has 0 N–H and O–H groups in total. The van der Waals surface area contributed by atoms with E-state index in [1.54, 1.807) is 0 Å². The molecule has 0 saturated carbocycles. The van der Waals surface area contributed by atoms with E-state index in [9.17, 15) is 46.8 Å². The Bertz CT molecular complexity index is 1030. The van der Waals surface area contributed by atoms with Crippen LogP contribution in [0.5, 0.6) is 0 Å². The Morgan fingerprint density at radius 2 is 0.756 bits per heavy atom. The SMILES string of the molecule is O=C(CCCCCCC(=O)OS(=O)(=O)OC(=O)CCCCCCC(=O)ON1C(=O)CCC1=O)ON1C(=O)CCC1=O. The van der Waals surface area contributed by atoms with Crippen LogP contribution >= 0.6 is 0 Å². The highest BCUT2D eigenvalue weighted by atomic mass is 32.3. The Labute approximate surface area is 235 Å². The van der Waals surface area contributed by atoms with Gasteiger partial charge in [-0.15, -0.1) is 18.5 Å². The topological polar surface area (TPSA) is 214 Å². The fourth-order valence-corrected chi connectivity index (χ4v) is 4.38. The quantitative estimate of drug-likeness (QED) is 0.159. The zero-order chi connectivity index (χ0) is 30.4. The number of hydrogen-bond acceptors (Lipinski definition) is 14. The minimum atomic E-state index is -4.88. The molecule has 2 heterocycles. The summed E-state index contributed by atoms with van der Waals surface area (Å²) in [5, 5.41) is 0.917. The van der Waals surface area contributed by atoms with Crippen molar-refractivity contribution < 1.29 is 64.8 Å². The summed E-state index contributed by atoms with van der Waals surface area (Å²) in [6.45, 7) is 0. The van der Waals surface area contributed by atoms with E-state index in [1.165, 1.54) is 0 Å². The van der Waals surface area contributed by atoms with Gasteiger partial charge in [0, 0.05) is 51.4 Å². The number of carbonyl (C=O) groups excluding carboxylic acids is 8. The highest BCUT2D eigenvalue weighted by Gasteiger charge is 2.33. The summed E-state index contributed by atoms with van der Waals surface area (Å²) in [5.74, 6) is -6.02. The zero-order valence-electron chi connectivity index (χ0n) is 22.3. The molecular weight excluding hydrogens is 572 g/mol. The van der Waals surface area contributed by atoms with Crippen molar-refractivity contribution in [2.75, 3.05) is 0 Å². The zero-order valence-corrected chi connectivity index (χ0v) is 23.1. The second-order valence-electron chi connectivity index (χ2n) is 9.24. The van der Waals surface area contributed by atoms with E-state index in [0.29, 0.717) is 48.7 Å². The first kappa shape index (κ1) is 33.3. The minimum Gasteiger partial charge on any atom is -0.330 e. The largest absolute Gasteiger partial charge is 0.506 e. The van der Waals surface area contributed by atoms with Crippen LogP contribution in [0.1, 0.15) is 103 Å². The lowest BCUT2D eigenvalue weighted by Gasteiger charge is -2.12. The van der Waals surface area contributed by atoms with Crippen molar-refractivity contribution in [3.8, 4) is 0 Å². The summed E-state index contributed by atoms with van der Waals surface area (Å²) >= 11 is 0. The third kappa shape index (κ3) is 12.4. The number of hydrogen-bond donors (Lipinski definition) is 0. The molecule has 0 unspecified atom stereocenters. The van der Waals surface area contributed by atoms with Crippen LogP contribution in [-0.4, -0.2) is 66.1 Å². The third-order valence-corrected chi connectivity index (χ3v) is 6.59. The molecular formula is C24H32N2O14S. The van der Waals surface area contributed by atoms with Gasteiger partial charge in [0.25, 0.3) is 23.6 Å². The predicted molar refractivity (Wildman–Crippen MR) is 131 cm³/mol. The second-order valence-corrected chi connectivity index (χ2v) is 10.4. The van der Waals surface area contributed by atoms with E-state index < -0.39 is 57.9 Å². The minimum absolute atomic E-state index is 0.00478. The van der Waals surface area contributed by atoms with E-state index in [0.717, 1.165) is 0 Å². The Balaban J connectivity index is 1.48. The lowest BCUT2D eigenvalue weighted by atomic mass is 10.1. The molecule has 2 saturated heterocycles. The van der Waals surface area contributed by atoms with Crippen LogP contribution in [0.15, 0.2) is 0 Å². The van der Waals surface area contributed by atoms with Gasteiger partial charge < -0.3 is 18.0 Å². The van der Waals surface area contributed by atoms with Crippen molar-refractivity contribution in [1.29, 1.82) is 0 Å². The summed E-state index contributed by atoms with van der Waals surface area (Å²) in [4.78, 5) is 102. The van der Waals surface area contributed by atoms with Gasteiger partial charge in [0.15, 0.2) is 0 Å². The van der Waals surface area contributed by atoms with E-state index >= 15 is 0 Å². The highest BCUT2D eigenvalue weighted by Crippen LogP contribution is 2.16. The van der Waals surface area contributed by atoms with Crippen LogP contribution < -0.4 is 0 Å². The van der Waals surface area contributed by atoms with E-state index in [1.807, 2.05) is 0 Å². The molecule has 16 nitrogen and oxygen atoms in total. The third-order valence-electron chi connectivity index (χ3n) is 5.81. The van der Waals surface area contributed by atoms with Crippen molar-refractivity contribution in [3.05, 3.63) is 0 Å². The number of amides is 4. The summed E-state index contributed by atoms with van der Waals surface area (Å²) < 4.78 is 32.0. The second kappa shape index (κ2) is 16.4. The molecule has 2 aliphatic rings. The van der Waals surface area contributed by atoms with Crippen LogP contribution in [0, 0.1) is 0 Å². The Hall–Kier alpha value is -3.89. The maximum absolute atomic E-state index is 11.8. The van der Waals surface area contributed by atoms with Crippen LogP contribution in [-0.2, 0) is 66.8 Å².